The molecule has 0 saturated carbocycles. The molecule has 0 aliphatic carbocycles. The molecule has 3 aromatic rings. The molecule has 25 heavy (non-hydrogen) atoms. The lowest BCUT2D eigenvalue weighted by molar-refractivity contribution is 0.0464. The molecular formula is C17H15N3O4S. The number of methoxy groups -OCH3 is 1. The average Bonchev–Trinajstić information content (AvgIpc) is 3.26. The van der Waals surface area contributed by atoms with Gasteiger partial charge < -0.3 is 9.47 Å². The summed E-state index contributed by atoms with van der Waals surface area (Å²) in [5.74, 6) is -1.03. The van der Waals surface area contributed by atoms with Crippen LogP contribution < -0.4 is 0 Å². The number of rotatable bonds is 5. The molecule has 0 saturated heterocycles. The van der Waals surface area contributed by atoms with E-state index in [4.69, 9.17) is 9.47 Å². The van der Waals surface area contributed by atoms with Gasteiger partial charge in [-0.3, -0.25) is 0 Å². The van der Waals surface area contributed by atoms with E-state index in [2.05, 4.69) is 10.3 Å². The van der Waals surface area contributed by atoms with Crippen molar-refractivity contribution in [2.45, 2.75) is 13.5 Å². The lowest BCUT2D eigenvalue weighted by Gasteiger charge is -2.05. The minimum Gasteiger partial charge on any atom is -0.465 e. The first kappa shape index (κ1) is 16.8. The Morgan fingerprint density at radius 1 is 1.16 bits per heavy atom. The highest BCUT2D eigenvalue weighted by molar-refractivity contribution is 7.12. The first-order valence-electron chi connectivity index (χ1n) is 7.41. The molecule has 3 rings (SSSR count). The predicted molar refractivity (Wildman–Crippen MR) is 90.9 cm³/mol. The van der Waals surface area contributed by atoms with E-state index in [-0.39, 0.29) is 12.3 Å². The highest BCUT2D eigenvalue weighted by Crippen LogP contribution is 2.23. The van der Waals surface area contributed by atoms with E-state index in [1.165, 1.54) is 23.1 Å². The van der Waals surface area contributed by atoms with E-state index in [1.807, 2.05) is 30.3 Å². The van der Waals surface area contributed by atoms with Gasteiger partial charge in [0.05, 0.1) is 18.5 Å². The van der Waals surface area contributed by atoms with Crippen LogP contribution in [0, 0.1) is 6.92 Å². The van der Waals surface area contributed by atoms with Crippen LogP contribution in [-0.4, -0.2) is 34.0 Å². The van der Waals surface area contributed by atoms with Crippen molar-refractivity contribution in [2.75, 3.05) is 7.11 Å². The summed E-state index contributed by atoms with van der Waals surface area (Å²) in [4.78, 5) is 24.5. The minimum absolute atomic E-state index is 0.109. The second-order valence-corrected chi connectivity index (χ2v) is 6.04. The third-order valence-electron chi connectivity index (χ3n) is 3.54. The summed E-state index contributed by atoms with van der Waals surface area (Å²) in [6.45, 7) is 1.84. The van der Waals surface area contributed by atoms with Gasteiger partial charge in [0.25, 0.3) is 0 Å². The van der Waals surface area contributed by atoms with Gasteiger partial charge in [-0.2, -0.15) is 0 Å². The van der Waals surface area contributed by atoms with Gasteiger partial charge >= 0.3 is 11.9 Å². The van der Waals surface area contributed by atoms with Gasteiger partial charge in [-0.15, -0.1) is 16.4 Å². The Labute approximate surface area is 147 Å². The van der Waals surface area contributed by atoms with E-state index in [0.717, 1.165) is 5.56 Å². The number of hydrogen-bond acceptors (Lipinski definition) is 7. The van der Waals surface area contributed by atoms with Crippen LogP contribution in [0.3, 0.4) is 0 Å². The summed E-state index contributed by atoms with van der Waals surface area (Å²) in [6.07, 6.45) is 0. The Morgan fingerprint density at radius 3 is 2.64 bits per heavy atom. The molecule has 0 fully saturated rings. The summed E-state index contributed by atoms with van der Waals surface area (Å²) < 4.78 is 11.5. The zero-order valence-corrected chi connectivity index (χ0v) is 14.4. The molecule has 128 valence electrons. The van der Waals surface area contributed by atoms with Crippen LogP contribution in [0.1, 0.15) is 31.4 Å². The van der Waals surface area contributed by atoms with E-state index in [0.29, 0.717) is 16.3 Å². The third kappa shape index (κ3) is 3.43. The number of carbonyl (C=O) groups excluding carboxylic acids is 2. The molecule has 0 atom stereocenters. The molecule has 2 heterocycles. The van der Waals surface area contributed by atoms with Crippen molar-refractivity contribution in [3.8, 4) is 5.69 Å². The second kappa shape index (κ2) is 7.27. The monoisotopic (exact) mass is 357 g/mol. The average molecular weight is 357 g/mol. The summed E-state index contributed by atoms with van der Waals surface area (Å²) >= 11 is 1.23. The molecule has 0 aliphatic rings. The van der Waals surface area contributed by atoms with Crippen molar-refractivity contribution in [1.82, 2.24) is 15.0 Å². The molecule has 2 aromatic heterocycles. The SMILES string of the molecule is COC(=O)c1sccc1-n1nnc(C(=O)OCc2ccccc2)c1C. The van der Waals surface area contributed by atoms with E-state index in [1.54, 1.807) is 18.4 Å². The van der Waals surface area contributed by atoms with Crippen molar-refractivity contribution in [3.05, 3.63) is 63.6 Å². The molecule has 0 unspecified atom stereocenters. The normalized spacial score (nSPS) is 10.5. The standard InChI is InChI=1S/C17H15N3O4S/c1-11-14(16(21)24-10-12-6-4-3-5-7-12)18-19-20(11)13-8-9-25-15(13)17(22)23-2/h3-9H,10H2,1-2H3. The fourth-order valence-electron chi connectivity index (χ4n) is 2.25. The Kier molecular flexibility index (Phi) is 4.90. The van der Waals surface area contributed by atoms with Crippen molar-refractivity contribution in [3.63, 3.8) is 0 Å². The van der Waals surface area contributed by atoms with Crippen LogP contribution in [0.4, 0.5) is 0 Å². The number of ether oxygens (including phenoxy) is 2. The van der Waals surface area contributed by atoms with Gasteiger partial charge in [-0.05, 0) is 23.9 Å². The topological polar surface area (TPSA) is 83.3 Å². The van der Waals surface area contributed by atoms with Gasteiger partial charge in [0.15, 0.2) is 5.69 Å². The lowest BCUT2D eigenvalue weighted by atomic mass is 10.2. The van der Waals surface area contributed by atoms with Gasteiger partial charge in [0, 0.05) is 0 Å². The molecule has 8 heteroatoms. The number of nitrogens with zero attached hydrogens (tertiary/aromatic N) is 3. The lowest BCUT2D eigenvalue weighted by Crippen LogP contribution is -2.09. The molecule has 0 amide bonds. The number of hydrogen-bond donors (Lipinski definition) is 0. The van der Waals surface area contributed by atoms with Crippen molar-refractivity contribution >= 4 is 23.3 Å². The van der Waals surface area contributed by atoms with Gasteiger partial charge in [0.1, 0.15) is 11.5 Å². The van der Waals surface area contributed by atoms with E-state index < -0.39 is 11.9 Å². The molecule has 0 N–H and O–H groups in total. The van der Waals surface area contributed by atoms with Crippen molar-refractivity contribution in [1.29, 1.82) is 0 Å². The van der Waals surface area contributed by atoms with Crippen LogP contribution in [0.5, 0.6) is 0 Å². The van der Waals surface area contributed by atoms with Gasteiger partial charge in [0.2, 0.25) is 0 Å². The number of benzene rings is 1. The third-order valence-corrected chi connectivity index (χ3v) is 4.43. The first-order valence-corrected chi connectivity index (χ1v) is 8.29. The number of thiophene rings is 1. The van der Waals surface area contributed by atoms with Gasteiger partial charge in [-0.1, -0.05) is 35.5 Å². The molecule has 0 bridgehead atoms. The number of carbonyl (C=O) groups is 2. The predicted octanol–water partition coefficient (Wildman–Crippen LogP) is 2.78. The van der Waals surface area contributed by atoms with Crippen LogP contribution in [0.25, 0.3) is 5.69 Å². The maximum Gasteiger partial charge on any atom is 0.361 e. The molecule has 7 nitrogen and oxygen atoms in total. The van der Waals surface area contributed by atoms with Crippen LogP contribution >= 0.6 is 11.3 Å². The second-order valence-electron chi connectivity index (χ2n) is 5.12. The van der Waals surface area contributed by atoms with Crippen LogP contribution in [0.2, 0.25) is 0 Å². The fraction of sp³-hybridized carbons (Fsp3) is 0.176. The van der Waals surface area contributed by atoms with Crippen molar-refractivity contribution < 1.29 is 19.1 Å². The highest BCUT2D eigenvalue weighted by atomic mass is 32.1. The zero-order chi connectivity index (χ0) is 17.8. The zero-order valence-electron chi connectivity index (χ0n) is 13.6. The minimum atomic E-state index is -0.567. The summed E-state index contributed by atoms with van der Waals surface area (Å²) in [7, 11) is 1.31. The van der Waals surface area contributed by atoms with E-state index in [9.17, 15) is 9.59 Å². The largest absolute Gasteiger partial charge is 0.465 e. The Bertz CT molecular complexity index is 902. The fourth-order valence-corrected chi connectivity index (χ4v) is 3.04. The summed E-state index contributed by atoms with van der Waals surface area (Å²) in [5, 5.41) is 9.62. The Balaban J connectivity index is 1.80. The number of aromatic nitrogens is 3. The smallest absolute Gasteiger partial charge is 0.361 e. The molecule has 0 spiro atoms. The highest BCUT2D eigenvalue weighted by Gasteiger charge is 2.22. The van der Waals surface area contributed by atoms with Gasteiger partial charge in [-0.25, -0.2) is 14.3 Å². The maximum absolute atomic E-state index is 12.3. The van der Waals surface area contributed by atoms with Crippen LogP contribution in [0.15, 0.2) is 41.8 Å². The molecular weight excluding hydrogens is 342 g/mol. The Morgan fingerprint density at radius 2 is 1.92 bits per heavy atom. The quantitative estimate of drug-likeness (QED) is 0.653. The Hall–Kier alpha value is -3.00. The van der Waals surface area contributed by atoms with E-state index >= 15 is 0 Å². The molecule has 1 aromatic carbocycles. The maximum atomic E-state index is 12.3. The molecule has 0 radical (unpaired) electrons. The van der Waals surface area contributed by atoms with Crippen LogP contribution in [-0.2, 0) is 16.1 Å². The first-order chi connectivity index (χ1) is 12.1. The van der Waals surface area contributed by atoms with Crippen molar-refractivity contribution in [2.24, 2.45) is 0 Å². The summed E-state index contributed by atoms with van der Waals surface area (Å²) in [5.41, 5.74) is 2.00. The molecule has 0 aliphatic heterocycles. The summed E-state index contributed by atoms with van der Waals surface area (Å²) in [6, 6.07) is 11.1. The number of esters is 2.